The summed E-state index contributed by atoms with van der Waals surface area (Å²) < 4.78 is 0. The lowest BCUT2D eigenvalue weighted by Gasteiger charge is -1.87. The molecular weight excluding hydrogens is 142 g/mol. The second kappa shape index (κ2) is 6.92. The maximum absolute atomic E-state index is 10.3. The van der Waals surface area contributed by atoms with Crippen molar-refractivity contribution < 1.29 is 4.79 Å². The van der Waals surface area contributed by atoms with Crippen LogP contribution in [0, 0.1) is 0 Å². The molecule has 4 nitrogen and oxygen atoms in total. The fourth-order valence-corrected chi connectivity index (χ4v) is 0.440. The van der Waals surface area contributed by atoms with Gasteiger partial charge in [-0.05, 0) is 6.92 Å². The number of rotatable bonds is 4. The predicted octanol–water partition coefficient (Wildman–Crippen LogP) is 0.589. The fraction of sp³-hybridized carbons (Fsp3) is 0.571. The lowest BCUT2D eigenvalue weighted by molar-refractivity contribution is -0.118. The van der Waals surface area contributed by atoms with Crippen molar-refractivity contribution in [1.82, 2.24) is 5.43 Å². The minimum atomic E-state index is -0.159. The Kier molecular flexibility index (Phi) is 6.17. The number of nitrogens with zero attached hydrogens (tertiary/aromatic N) is 2. The molecule has 0 aromatic heterocycles. The van der Waals surface area contributed by atoms with Crippen molar-refractivity contribution in [2.24, 2.45) is 10.1 Å². The van der Waals surface area contributed by atoms with Gasteiger partial charge in [-0.15, -0.1) is 0 Å². The third-order valence-corrected chi connectivity index (χ3v) is 0.836. The van der Waals surface area contributed by atoms with Gasteiger partial charge < -0.3 is 0 Å². The maximum Gasteiger partial charge on any atom is 0.236 e. The van der Waals surface area contributed by atoms with E-state index in [0.717, 1.165) is 6.54 Å². The van der Waals surface area contributed by atoms with Crippen molar-refractivity contribution in [3.05, 3.63) is 0 Å². The number of nitrogens with one attached hydrogen (secondary N) is 1. The molecule has 11 heavy (non-hydrogen) atoms. The second-order valence-corrected chi connectivity index (χ2v) is 1.90. The van der Waals surface area contributed by atoms with Gasteiger partial charge in [-0.2, -0.15) is 5.10 Å². The molecule has 0 aliphatic rings. The van der Waals surface area contributed by atoms with E-state index in [9.17, 15) is 4.79 Å². The van der Waals surface area contributed by atoms with Crippen LogP contribution in [0.5, 0.6) is 0 Å². The van der Waals surface area contributed by atoms with Gasteiger partial charge in [-0.25, -0.2) is 5.43 Å². The first-order chi connectivity index (χ1) is 5.27. The van der Waals surface area contributed by atoms with E-state index in [0.29, 0.717) is 6.42 Å². The average Bonchev–Trinajstić information content (AvgIpc) is 1.96. The molecule has 0 aliphatic heterocycles. The monoisotopic (exact) mass is 155 g/mol. The van der Waals surface area contributed by atoms with Crippen LogP contribution >= 0.6 is 0 Å². The van der Waals surface area contributed by atoms with Gasteiger partial charge in [-0.1, -0.05) is 0 Å². The third kappa shape index (κ3) is 8.81. The normalized spacial score (nSPS) is 11.1. The van der Waals surface area contributed by atoms with E-state index >= 15 is 0 Å². The highest BCUT2D eigenvalue weighted by atomic mass is 16.2. The smallest absolute Gasteiger partial charge is 0.236 e. The molecule has 0 heterocycles. The van der Waals surface area contributed by atoms with Gasteiger partial charge in [0.25, 0.3) is 0 Å². The van der Waals surface area contributed by atoms with E-state index in [-0.39, 0.29) is 5.91 Å². The summed E-state index contributed by atoms with van der Waals surface area (Å²) in [4.78, 5) is 14.2. The summed E-state index contributed by atoms with van der Waals surface area (Å²) in [5, 5.41) is 3.63. The van der Waals surface area contributed by atoms with Crippen LogP contribution < -0.4 is 5.43 Å². The zero-order valence-electron chi connectivity index (χ0n) is 6.87. The quantitative estimate of drug-likeness (QED) is 0.469. The molecule has 4 heteroatoms. The lowest BCUT2D eigenvalue weighted by Crippen LogP contribution is -2.12. The molecule has 0 fully saturated rings. The van der Waals surface area contributed by atoms with Gasteiger partial charge in [0.2, 0.25) is 5.91 Å². The van der Waals surface area contributed by atoms with Crippen LogP contribution in [0.4, 0.5) is 0 Å². The zero-order chi connectivity index (χ0) is 8.53. The minimum absolute atomic E-state index is 0.159. The summed E-state index contributed by atoms with van der Waals surface area (Å²) >= 11 is 0. The average molecular weight is 155 g/mol. The number of amides is 1. The Labute approximate surface area is 66.4 Å². The Morgan fingerprint density at radius 2 is 2.27 bits per heavy atom. The molecule has 0 atom stereocenters. The highest BCUT2D eigenvalue weighted by Crippen LogP contribution is 1.69. The SMILES string of the molecule is CCN=CC/C=N/NC(C)=O. The summed E-state index contributed by atoms with van der Waals surface area (Å²) in [6.07, 6.45) is 4.01. The Morgan fingerprint density at radius 1 is 1.55 bits per heavy atom. The predicted molar refractivity (Wildman–Crippen MR) is 46.0 cm³/mol. The van der Waals surface area contributed by atoms with Gasteiger partial charge in [0.15, 0.2) is 0 Å². The Bertz CT molecular complexity index is 163. The molecule has 0 bridgehead atoms. The third-order valence-electron chi connectivity index (χ3n) is 0.836. The first kappa shape index (κ1) is 9.81. The summed E-state index contributed by atoms with van der Waals surface area (Å²) in [5.74, 6) is -0.159. The number of hydrogen-bond donors (Lipinski definition) is 1. The summed E-state index contributed by atoms with van der Waals surface area (Å²) in [7, 11) is 0. The van der Waals surface area contributed by atoms with Crippen molar-refractivity contribution in [2.45, 2.75) is 20.3 Å². The minimum Gasteiger partial charge on any atom is -0.297 e. The van der Waals surface area contributed by atoms with Crippen molar-refractivity contribution in [2.75, 3.05) is 6.54 Å². The van der Waals surface area contributed by atoms with E-state index in [1.165, 1.54) is 6.92 Å². The highest BCUT2D eigenvalue weighted by Gasteiger charge is 1.80. The molecule has 1 amide bonds. The van der Waals surface area contributed by atoms with Crippen LogP contribution in [-0.2, 0) is 4.79 Å². The summed E-state index contributed by atoms with van der Waals surface area (Å²) in [6.45, 7) is 4.16. The first-order valence-corrected chi connectivity index (χ1v) is 3.53. The standard InChI is InChI=1S/C7H13N3O/c1-3-8-5-4-6-9-10-7(2)11/h5-6H,3-4H2,1-2H3,(H,10,11)/b8-5?,9-6+. The molecule has 0 spiro atoms. The molecule has 62 valence electrons. The van der Waals surface area contributed by atoms with Crippen LogP contribution in [0.25, 0.3) is 0 Å². The van der Waals surface area contributed by atoms with Crippen molar-refractivity contribution in [1.29, 1.82) is 0 Å². The van der Waals surface area contributed by atoms with Gasteiger partial charge in [-0.3, -0.25) is 9.79 Å². The molecule has 0 saturated carbocycles. The number of hydrogen-bond acceptors (Lipinski definition) is 3. The molecule has 1 N–H and O–H groups in total. The van der Waals surface area contributed by atoms with Crippen molar-refractivity contribution in [3.63, 3.8) is 0 Å². The molecular formula is C7H13N3O. The van der Waals surface area contributed by atoms with Crippen LogP contribution in [0.2, 0.25) is 0 Å². The first-order valence-electron chi connectivity index (χ1n) is 3.53. The Morgan fingerprint density at radius 3 is 2.82 bits per heavy atom. The van der Waals surface area contributed by atoms with E-state index in [1.54, 1.807) is 12.4 Å². The zero-order valence-corrected chi connectivity index (χ0v) is 6.87. The number of hydrazone groups is 1. The van der Waals surface area contributed by atoms with Crippen LogP contribution in [0.15, 0.2) is 10.1 Å². The molecule has 0 radical (unpaired) electrons. The molecule has 0 unspecified atom stereocenters. The van der Waals surface area contributed by atoms with Crippen LogP contribution in [0.1, 0.15) is 20.3 Å². The van der Waals surface area contributed by atoms with E-state index in [2.05, 4.69) is 15.5 Å². The van der Waals surface area contributed by atoms with Gasteiger partial charge in [0, 0.05) is 32.3 Å². The number of carbonyl (C=O) groups is 1. The number of carbonyl (C=O) groups excluding carboxylic acids is 1. The largest absolute Gasteiger partial charge is 0.297 e. The van der Waals surface area contributed by atoms with Crippen LogP contribution in [-0.4, -0.2) is 24.9 Å². The summed E-state index contributed by atoms with van der Waals surface area (Å²) in [5.41, 5.74) is 2.29. The van der Waals surface area contributed by atoms with E-state index < -0.39 is 0 Å². The van der Waals surface area contributed by atoms with E-state index in [4.69, 9.17) is 0 Å². The topological polar surface area (TPSA) is 53.8 Å². The van der Waals surface area contributed by atoms with Crippen LogP contribution in [0.3, 0.4) is 0 Å². The van der Waals surface area contributed by atoms with Gasteiger partial charge >= 0.3 is 0 Å². The fourth-order valence-electron chi connectivity index (χ4n) is 0.440. The lowest BCUT2D eigenvalue weighted by atomic mass is 10.5. The van der Waals surface area contributed by atoms with E-state index in [1.807, 2.05) is 6.92 Å². The molecule has 0 aromatic rings. The summed E-state index contributed by atoms with van der Waals surface area (Å²) in [6, 6.07) is 0. The molecule has 0 aliphatic carbocycles. The van der Waals surface area contributed by atoms with Crippen molar-refractivity contribution >= 4 is 18.3 Å². The molecule has 0 saturated heterocycles. The highest BCUT2D eigenvalue weighted by molar-refractivity contribution is 5.80. The maximum atomic E-state index is 10.3. The van der Waals surface area contributed by atoms with Gasteiger partial charge in [0.05, 0.1) is 0 Å². The van der Waals surface area contributed by atoms with Gasteiger partial charge in [0.1, 0.15) is 0 Å². The molecule has 0 aromatic carbocycles. The number of aliphatic imine (C=N–C) groups is 1. The Hall–Kier alpha value is -1.19. The molecule has 0 rings (SSSR count). The second-order valence-electron chi connectivity index (χ2n) is 1.90. The van der Waals surface area contributed by atoms with Crippen molar-refractivity contribution in [3.8, 4) is 0 Å². The Balaban J connectivity index is 3.30.